The van der Waals surface area contributed by atoms with Gasteiger partial charge in [0.2, 0.25) is 10.0 Å². The highest BCUT2D eigenvalue weighted by atomic mass is 32.2. The molecule has 4 nitrogen and oxygen atoms in total. The van der Waals surface area contributed by atoms with Crippen molar-refractivity contribution >= 4 is 10.0 Å². The number of fused-ring (bicyclic) bond motifs is 2. The minimum Gasteiger partial charge on any atom is -0.392 e. The fourth-order valence-corrected chi connectivity index (χ4v) is 4.67. The Bertz CT molecular complexity index is 634. The van der Waals surface area contributed by atoms with Crippen molar-refractivity contribution in [1.29, 1.82) is 0 Å². The normalized spacial score (nSPS) is 28.0. The number of hydrogen-bond acceptors (Lipinski definition) is 3. The minimum absolute atomic E-state index is 0.283. The molecule has 0 saturated heterocycles. The van der Waals surface area contributed by atoms with Crippen LogP contribution in [0.2, 0.25) is 0 Å². The summed E-state index contributed by atoms with van der Waals surface area (Å²) in [5.41, 5.74) is 1.52. The molecular formula is C14H19NO3S. The van der Waals surface area contributed by atoms with Gasteiger partial charge < -0.3 is 5.11 Å². The molecule has 3 aliphatic rings. The lowest BCUT2D eigenvalue weighted by Crippen LogP contribution is -2.34. The molecule has 1 aromatic carbocycles. The summed E-state index contributed by atoms with van der Waals surface area (Å²) in [5.74, 6) is 0.283. The molecule has 2 bridgehead atoms. The summed E-state index contributed by atoms with van der Waals surface area (Å²) in [5, 5.41) is 9.79. The van der Waals surface area contributed by atoms with Crippen molar-refractivity contribution < 1.29 is 13.5 Å². The van der Waals surface area contributed by atoms with Crippen molar-refractivity contribution in [1.82, 2.24) is 4.31 Å². The first kappa shape index (κ1) is 13.1. The van der Waals surface area contributed by atoms with Crippen molar-refractivity contribution in [3.05, 3.63) is 29.3 Å². The second-order valence-corrected chi connectivity index (χ2v) is 8.09. The van der Waals surface area contributed by atoms with E-state index in [1.54, 1.807) is 13.1 Å². The van der Waals surface area contributed by atoms with Crippen LogP contribution < -0.4 is 0 Å². The predicted octanol–water partition coefficient (Wildman–Crippen LogP) is 1.33. The van der Waals surface area contributed by atoms with Gasteiger partial charge >= 0.3 is 0 Å². The first-order valence-electron chi connectivity index (χ1n) is 6.59. The van der Waals surface area contributed by atoms with Crippen molar-refractivity contribution in [3.8, 4) is 0 Å². The molecule has 1 aromatic rings. The van der Waals surface area contributed by atoms with Crippen molar-refractivity contribution in [2.75, 3.05) is 13.6 Å². The Hall–Kier alpha value is -0.910. The average molecular weight is 281 g/mol. The third-order valence-electron chi connectivity index (χ3n) is 4.21. The van der Waals surface area contributed by atoms with Crippen LogP contribution in [0.1, 0.15) is 31.4 Å². The topological polar surface area (TPSA) is 57.6 Å². The molecule has 0 heterocycles. The highest BCUT2D eigenvalue weighted by molar-refractivity contribution is 7.89. The zero-order valence-electron chi connectivity index (χ0n) is 11.4. The number of nitrogens with zero attached hydrogens (tertiary/aromatic N) is 1. The molecular weight excluding hydrogens is 262 g/mol. The Morgan fingerprint density at radius 3 is 2.58 bits per heavy atom. The van der Waals surface area contributed by atoms with Gasteiger partial charge in [-0.1, -0.05) is 26.0 Å². The molecule has 19 heavy (non-hydrogen) atoms. The van der Waals surface area contributed by atoms with Crippen LogP contribution in [0, 0.1) is 5.92 Å². The van der Waals surface area contributed by atoms with Gasteiger partial charge in [0.25, 0.3) is 0 Å². The monoisotopic (exact) mass is 281 g/mol. The lowest BCUT2D eigenvalue weighted by atomic mass is 9.77. The molecule has 1 saturated carbocycles. The van der Waals surface area contributed by atoms with Gasteiger partial charge in [-0.3, -0.25) is 0 Å². The van der Waals surface area contributed by atoms with E-state index in [1.807, 2.05) is 26.0 Å². The number of hydrogen-bond donors (Lipinski definition) is 1. The number of benzene rings is 1. The molecule has 1 spiro atoms. The van der Waals surface area contributed by atoms with Gasteiger partial charge in [-0.25, -0.2) is 12.7 Å². The highest BCUT2D eigenvalue weighted by Crippen LogP contribution is 2.61. The van der Waals surface area contributed by atoms with Crippen molar-refractivity contribution in [2.45, 2.75) is 36.7 Å². The summed E-state index contributed by atoms with van der Waals surface area (Å²) < 4.78 is 26.6. The van der Waals surface area contributed by atoms with Gasteiger partial charge in [-0.2, -0.15) is 0 Å². The van der Waals surface area contributed by atoms with Crippen LogP contribution in [0.3, 0.4) is 0 Å². The third kappa shape index (κ3) is 1.61. The minimum atomic E-state index is -3.45. The van der Waals surface area contributed by atoms with Crippen LogP contribution in [0.15, 0.2) is 23.1 Å². The zero-order chi connectivity index (χ0) is 14.0. The van der Waals surface area contributed by atoms with E-state index in [4.69, 9.17) is 0 Å². The second kappa shape index (κ2) is 3.81. The summed E-state index contributed by atoms with van der Waals surface area (Å²) in [6, 6.07) is 5.40. The molecule has 0 radical (unpaired) electrons. The highest BCUT2D eigenvalue weighted by Gasteiger charge is 2.62. The van der Waals surface area contributed by atoms with Crippen LogP contribution in [0.4, 0.5) is 0 Å². The van der Waals surface area contributed by atoms with Crippen LogP contribution in [0.25, 0.3) is 0 Å². The lowest BCUT2D eigenvalue weighted by Gasteiger charge is -2.32. The van der Waals surface area contributed by atoms with E-state index in [-0.39, 0.29) is 11.3 Å². The lowest BCUT2D eigenvalue weighted by molar-refractivity contribution is 0.253. The Balaban J connectivity index is 1.98. The van der Waals surface area contributed by atoms with Gasteiger partial charge in [0.15, 0.2) is 0 Å². The van der Waals surface area contributed by atoms with Crippen LogP contribution in [0.5, 0.6) is 0 Å². The number of aliphatic hydroxyl groups is 1. The van der Waals surface area contributed by atoms with Gasteiger partial charge in [0.1, 0.15) is 0 Å². The smallest absolute Gasteiger partial charge is 0.243 e. The molecule has 0 amide bonds. The summed E-state index contributed by atoms with van der Waals surface area (Å²) >= 11 is 0. The zero-order valence-corrected chi connectivity index (χ0v) is 12.2. The molecule has 0 aliphatic heterocycles. The van der Waals surface area contributed by atoms with Crippen LogP contribution in [-0.2, 0) is 15.4 Å². The van der Waals surface area contributed by atoms with E-state index in [0.717, 1.165) is 11.1 Å². The van der Waals surface area contributed by atoms with Gasteiger partial charge in [-0.05, 0) is 29.5 Å². The van der Waals surface area contributed by atoms with Crippen molar-refractivity contribution in [2.24, 2.45) is 5.92 Å². The first-order valence-corrected chi connectivity index (χ1v) is 8.03. The summed E-state index contributed by atoms with van der Waals surface area (Å²) in [6.45, 7) is 4.49. The molecule has 1 N–H and O–H groups in total. The largest absolute Gasteiger partial charge is 0.392 e. The van der Waals surface area contributed by atoms with E-state index in [0.29, 0.717) is 17.9 Å². The molecule has 104 valence electrons. The predicted molar refractivity (Wildman–Crippen MR) is 72.5 cm³/mol. The molecule has 0 aromatic heterocycles. The van der Waals surface area contributed by atoms with Crippen LogP contribution in [-0.4, -0.2) is 37.5 Å². The van der Waals surface area contributed by atoms with Gasteiger partial charge in [0.05, 0.1) is 16.4 Å². The summed E-state index contributed by atoms with van der Waals surface area (Å²) in [7, 11) is -1.84. The van der Waals surface area contributed by atoms with E-state index < -0.39 is 16.1 Å². The maximum Gasteiger partial charge on any atom is 0.243 e. The van der Waals surface area contributed by atoms with Gasteiger partial charge in [0, 0.05) is 13.6 Å². The SMILES string of the molecule is CC(C)CN(C)S(=O)(=O)c1ccc2cc1[C@]21C[C@H]1O. The van der Waals surface area contributed by atoms with E-state index in [9.17, 15) is 13.5 Å². The fraction of sp³-hybridized carbons (Fsp3) is 0.571. The molecule has 1 fully saturated rings. The standard InChI is InChI=1S/C14H19NO3S/c1-9(2)8-15(3)19(17,18)12-5-4-10-6-11(12)14(10)7-13(14)16/h4-6,9,13,16H,7-8H2,1-3H3/t13-,14+/m1/s1. The molecule has 3 aliphatic carbocycles. The number of aliphatic hydroxyl groups excluding tert-OH is 1. The number of sulfonamides is 1. The summed E-state index contributed by atoms with van der Waals surface area (Å²) in [6.07, 6.45) is 0.249. The van der Waals surface area contributed by atoms with Crippen LogP contribution >= 0.6 is 0 Å². The van der Waals surface area contributed by atoms with Gasteiger partial charge in [-0.15, -0.1) is 0 Å². The average Bonchev–Trinajstić information content (AvgIpc) is 3.03. The third-order valence-corrected chi connectivity index (χ3v) is 6.09. The number of rotatable bonds is 4. The Morgan fingerprint density at radius 1 is 1.47 bits per heavy atom. The van der Waals surface area contributed by atoms with Crippen molar-refractivity contribution in [3.63, 3.8) is 0 Å². The summed E-state index contributed by atoms with van der Waals surface area (Å²) in [4.78, 5) is 0.363. The maximum absolute atomic E-state index is 12.6. The van der Waals surface area contributed by atoms with E-state index in [2.05, 4.69) is 0 Å². The Labute approximate surface area is 114 Å². The first-order chi connectivity index (χ1) is 8.80. The maximum atomic E-state index is 12.6. The second-order valence-electron chi connectivity index (χ2n) is 6.08. The molecule has 2 atom stereocenters. The molecule has 5 heteroatoms. The van der Waals surface area contributed by atoms with E-state index in [1.165, 1.54) is 4.31 Å². The fourth-order valence-electron chi connectivity index (χ4n) is 3.08. The van der Waals surface area contributed by atoms with E-state index >= 15 is 0 Å². The Kier molecular flexibility index (Phi) is 2.62. The molecule has 0 unspecified atom stereocenters. The molecule has 4 rings (SSSR count). The Morgan fingerprint density at radius 2 is 2.11 bits per heavy atom. The quantitative estimate of drug-likeness (QED) is 0.905.